The average Bonchev–Trinajstić information content (AvgIpc) is 2.64. The van der Waals surface area contributed by atoms with Gasteiger partial charge in [0.15, 0.2) is 0 Å². The first-order valence-electron chi connectivity index (χ1n) is 10.1. The Labute approximate surface area is 161 Å². The number of carboxylic acids is 1. The van der Waals surface area contributed by atoms with Crippen LogP contribution in [-0.2, 0) is 4.79 Å². The molecule has 0 atom stereocenters. The van der Waals surface area contributed by atoms with Gasteiger partial charge in [-0.15, -0.1) is 0 Å². The summed E-state index contributed by atoms with van der Waals surface area (Å²) in [4.78, 5) is 11.4. The molecular formula is C24H38O2. The number of carbonyl (C=O) groups is 1. The Balaban J connectivity index is 3.83. The van der Waals surface area contributed by atoms with Crippen molar-refractivity contribution in [3.05, 3.63) is 60.8 Å². The summed E-state index contributed by atoms with van der Waals surface area (Å²) in [6, 6.07) is 0. The molecule has 0 fully saturated rings. The van der Waals surface area contributed by atoms with E-state index in [2.05, 4.69) is 67.7 Å². The molecule has 0 amide bonds. The molecule has 2 nitrogen and oxygen atoms in total. The average molecular weight is 359 g/mol. The van der Waals surface area contributed by atoms with Crippen LogP contribution in [0.3, 0.4) is 0 Å². The van der Waals surface area contributed by atoms with E-state index in [-0.39, 0.29) is 0 Å². The molecule has 0 saturated heterocycles. The van der Waals surface area contributed by atoms with Crippen molar-refractivity contribution >= 4 is 5.97 Å². The van der Waals surface area contributed by atoms with Crippen molar-refractivity contribution < 1.29 is 9.90 Å². The molecule has 0 aliphatic heterocycles. The smallest absolute Gasteiger partial charge is 0.309 e. The number of rotatable bonds is 15. The number of carboxylic acid groups (broad SMARTS) is 1. The Hall–Kier alpha value is -1.83. The number of aliphatic carboxylic acids is 1. The molecule has 1 N–H and O–H groups in total. The van der Waals surface area contributed by atoms with Crippen molar-refractivity contribution in [2.75, 3.05) is 0 Å². The van der Waals surface area contributed by atoms with Crippen molar-refractivity contribution in [1.29, 1.82) is 0 Å². The fraction of sp³-hybridized carbons (Fsp3) is 0.542. The predicted molar refractivity (Wildman–Crippen MR) is 114 cm³/mol. The molecular weight excluding hydrogens is 320 g/mol. The summed E-state index contributed by atoms with van der Waals surface area (Å²) in [5, 5.41) is 9.40. The first-order valence-corrected chi connectivity index (χ1v) is 10.1. The molecule has 0 rings (SSSR count). The van der Waals surface area contributed by atoms with Gasteiger partial charge in [0.1, 0.15) is 0 Å². The Morgan fingerprint density at radius 1 is 0.692 bits per heavy atom. The van der Waals surface area contributed by atoms with Crippen molar-refractivity contribution in [3.8, 4) is 0 Å². The normalized spacial score (nSPS) is 13.3. The van der Waals surface area contributed by atoms with Crippen LogP contribution in [-0.4, -0.2) is 11.1 Å². The molecule has 0 saturated carbocycles. The molecule has 0 aliphatic carbocycles. The zero-order valence-corrected chi connectivity index (χ0v) is 17.0. The van der Waals surface area contributed by atoms with Gasteiger partial charge in [0.2, 0.25) is 0 Å². The highest BCUT2D eigenvalue weighted by Gasteiger charge is 2.33. The van der Waals surface area contributed by atoms with Gasteiger partial charge in [-0.3, -0.25) is 4.79 Å². The van der Waals surface area contributed by atoms with E-state index in [4.69, 9.17) is 0 Å². The summed E-state index contributed by atoms with van der Waals surface area (Å²) in [5.74, 6) is -0.658. The van der Waals surface area contributed by atoms with Crippen LogP contribution in [0, 0.1) is 5.41 Å². The minimum absolute atomic E-state index is 0.550. The fourth-order valence-corrected chi connectivity index (χ4v) is 2.74. The number of hydrogen-bond acceptors (Lipinski definition) is 1. The summed E-state index contributed by atoms with van der Waals surface area (Å²) in [6.07, 6.45) is 29.7. The predicted octanol–water partition coefficient (Wildman–Crippen LogP) is 7.41. The van der Waals surface area contributed by atoms with Gasteiger partial charge in [-0.25, -0.2) is 0 Å². The highest BCUT2D eigenvalue weighted by Crippen LogP contribution is 2.32. The summed E-state index contributed by atoms with van der Waals surface area (Å²) in [6.45, 7) is 6.09. The van der Waals surface area contributed by atoms with E-state index in [9.17, 15) is 9.90 Å². The molecule has 0 aliphatic rings. The Morgan fingerprint density at radius 2 is 1.08 bits per heavy atom. The van der Waals surface area contributed by atoms with Crippen LogP contribution in [0.1, 0.15) is 78.6 Å². The molecule has 2 heteroatoms. The lowest BCUT2D eigenvalue weighted by atomic mass is 9.78. The molecule has 0 spiro atoms. The molecule has 0 radical (unpaired) electrons. The topological polar surface area (TPSA) is 37.3 Å². The molecule has 0 aromatic rings. The van der Waals surface area contributed by atoms with Crippen LogP contribution < -0.4 is 0 Å². The Morgan fingerprint density at radius 3 is 1.42 bits per heavy atom. The largest absolute Gasteiger partial charge is 0.481 e. The number of hydrogen-bond donors (Lipinski definition) is 1. The quantitative estimate of drug-likeness (QED) is 0.309. The standard InChI is InChI=1S/C24H38O2/c1-4-7-8-9-10-11-12-13-14-15-16-17-18-19-20-21-22-24(5-2,6-3)23(25)26/h7-8,10-11,13-14,16-17,19-20H,4-6,9,12,15,18,21-22H2,1-3H3,(H,25,26)/b8-7-,11-10-,14-13-,17-16-,20-19-. The third-order valence-corrected chi connectivity index (χ3v) is 4.75. The summed E-state index contributed by atoms with van der Waals surface area (Å²) in [7, 11) is 0. The molecule has 0 unspecified atom stereocenters. The third-order valence-electron chi connectivity index (χ3n) is 4.75. The van der Waals surface area contributed by atoms with Gasteiger partial charge >= 0.3 is 5.97 Å². The maximum absolute atomic E-state index is 11.4. The van der Waals surface area contributed by atoms with E-state index in [1.807, 2.05) is 13.8 Å². The number of allylic oxidation sites excluding steroid dienone is 10. The zero-order chi connectivity index (χ0) is 19.5. The Kier molecular flexibility index (Phi) is 15.5. The van der Waals surface area contributed by atoms with Gasteiger partial charge in [-0.1, -0.05) is 81.5 Å². The monoisotopic (exact) mass is 358 g/mol. The van der Waals surface area contributed by atoms with Crippen LogP contribution in [0.2, 0.25) is 0 Å². The first kappa shape index (κ1) is 24.2. The first-order chi connectivity index (χ1) is 12.6. The second kappa shape index (κ2) is 16.6. The van der Waals surface area contributed by atoms with Gasteiger partial charge in [0, 0.05) is 0 Å². The van der Waals surface area contributed by atoms with Gasteiger partial charge in [0.25, 0.3) is 0 Å². The second-order valence-electron chi connectivity index (χ2n) is 6.54. The van der Waals surface area contributed by atoms with Gasteiger partial charge in [-0.05, 0) is 57.8 Å². The lowest BCUT2D eigenvalue weighted by Crippen LogP contribution is -2.29. The second-order valence-corrected chi connectivity index (χ2v) is 6.54. The van der Waals surface area contributed by atoms with Gasteiger partial charge in [-0.2, -0.15) is 0 Å². The SMILES string of the molecule is CC/C=C\C/C=C\C/C=C\C/C=C\C/C=C\CCC(CC)(CC)C(=O)O. The van der Waals surface area contributed by atoms with Gasteiger partial charge < -0.3 is 5.11 Å². The zero-order valence-electron chi connectivity index (χ0n) is 17.0. The summed E-state index contributed by atoms with van der Waals surface area (Å²) >= 11 is 0. The molecule has 0 bridgehead atoms. The van der Waals surface area contributed by atoms with Crippen LogP contribution in [0.4, 0.5) is 0 Å². The minimum Gasteiger partial charge on any atom is -0.481 e. The maximum Gasteiger partial charge on any atom is 0.309 e. The van der Waals surface area contributed by atoms with E-state index in [1.54, 1.807) is 0 Å². The third kappa shape index (κ3) is 11.7. The summed E-state index contributed by atoms with van der Waals surface area (Å²) in [5.41, 5.74) is -0.550. The lowest BCUT2D eigenvalue weighted by Gasteiger charge is -2.25. The van der Waals surface area contributed by atoms with Crippen LogP contribution in [0.25, 0.3) is 0 Å². The van der Waals surface area contributed by atoms with Crippen molar-refractivity contribution in [2.45, 2.75) is 78.6 Å². The molecule has 146 valence electrons. The molecule has 0 aromatic carbocycles. The van der Waals surface area contributed by atoms with Gasteiger partial charge in [0.05, 0.1) is 5.41 Å². The van der Waals surface area contributed by atoms with Crippen molar-refractivity contribution in [1.82, 2.24) is 0 Å². The van der Waals surface area contributed by atoms with E-state index < -0.39 is 11.4 Å². The highest BCUT2D eigenvalue weighted by atomic mass is 16.4. The molecule has 26 heavy (non-hydrogen) atoms. The van der Waals surface area contributed by atoms with E-state index >= 15 is 0 Å². The Bertz CT molecular complexity index is 488. The van der Waals surface area contributed by atoms with Crippen molar-refractivity contribution in [2.24, 2.45) is 5.41 Å². The van der Waals surface area contributed by atoms with E-state index in [0.29, 0.717) is 12.8 Å². The van der Waals surface area contributed by atoms with Crippen LogP contribution in [0.15, 0.2) is 60.8 Å². The summed E-state index contributed by atoms with van der Waals surface area (Å²) < 4.78 is 0. The molecule has 0 aromatic heterocycles. The highest BCUT2D eigenvalue weighted by molar-refractivity contribution is 5.74. The van der Waals surface area contributed by atoms with E-state index in [1.165, 1.54) is 0 Å². The van der Waals surface area contributed by atoms with E-state index in [0.717, 1.165) is 44.9 Å². The van der Waals surface area contributed by atoms with Crippen LogP contribution >= 0.6 is 0 Å². The molecule has 0 heterocycles. The van der Waals surface area contributed by atoms with Crippen molar-refractivity contribution in [3.63, 3.8) is 0 Å². The fourth-order valence-electron chi connectivity index (χ4n) is 2.74. The van der Waals surface area contributed by atoms with Crippen LogP contribution in [0.5, 0.6) is 0 Å². The lowest BCUT2D eigenvalue weighted by molar-refractivity contribution is -0.149. The maximum atomic E-state index is 11.4. The minimum atomic E-state index is -0.658.